The number of carbonyl (C=O) groups is 1. The predicted octanol–water partition coefficient (Wildman–Crippen LogP) is 2.67. The molecule has 1 aliphatic rings. The third-order valence-electron chi connectivity index (χ3n) is 4.42. The fourth-order valence-electron chi connectivity index (χ4n) is 3.82. The lowest BCUT2D eigenvalue weighted by atomic mass is 9.62. The zero-order valence-corrected chi connectivity index (χ0v) is 13.1. The number of amides is 1. The summed E-state index contributed by atoms with van der Waals surface area (Å²) >= 11 is 0. The second-order valence-corrected chi connectivity index (χ2v) is 7.45. The first kappa shape index (κ1) is 15.8. The molecule has 2 unspecified atom stereocenters. The maximum absolute atomic E-state index is 12.3. The van der Waals surface area contributed by atoms with E-state index in [9.17, 15) is 9.90 Å². The van der Waals surface area contributed by atoms with Gasteiger partial charge in [-0.2, -0.15) is 0 Å². The second-order valence-electron chi connectivity index (χ2n) is 7.45. The summed E-state index contributed by atoms with van der Waals surface area (Å²) in [6, 6.07) is 6.73. The standard InChI is InChI=1S/C17H26N2O2/c1-16(2)8-12(9-17(3,10-16)11-18)19-15(21)13-6-4-5-7-14(13)20/h4-7,12,20H,8-11,18H2,1-3H3,(H,19,21). The Morgan fingerprint density at radius 3 is 2.62 bits per heavy atom. The molecular weight excluding hydrogens is 264 g/mol. The highest BCUT2D eigenvalue weighted by Crippen LogP contribution is 2.45. The van der Waals surface area contributed by atoms with E-state index in [0.29, 0.717) is 12.1 Å². The van der Waals surface area contributed by atoms with Crippen LogP contribution in [0.15, 0.2) is 24.3 Å². The van der Waals surface area contributed by atoms with Gasteiger partial charge in [-0.1, -0.05) is 32.9 Å². The van der Waals surface area contributed by atoms with Crippen LogP contribution in [-0.2, 0) is 0 Å². The quantitative estimate of drug-likeness (QED) is 0.801. The smallest absolute Gasteiger partial charge is 0.255 e. The molecule has 1 aromatic rings. The molecule has 0 saturated heterocycles. The maximum Gasteiger partial charge on any atom is 0.255 e. The van der Waals surface area contributed by atoms with E-state index in [4.69, 9.17) is 5.73 Å². The van der Waals surface area contributed by atoms with Crippen molar-refractivity contribution < 1.29 is 9.90 Å². The lowest BCUT2D eigenvalue weighted by Gasteiger charge is -2.46. The van der Waals surface area contributed by atoms with Crippen LogP contribution in [0.4, 0.5) is 0 Å². The Bertz CT molecular complexity index is 527. The molecule has 1 aliphatic carbocycles. The Kier molecular flexibility index (Phi) is 4.28. The van der Waals surface area contributed by atoms with E-state index < -0.39 is 0 Å². The largest absolute Gasteiger partial charge is 0.507 e. The van der Waals surface area contributed by atoms with E-state index in [1.807, 2.05) is 0 Å². The molecule has 1 saturated carbocycles. The van der Waals surface area contributed by atoms with Gasteiger partial charge in [0.15, 0.2) is 0 Å². The van der Waals surface area contributed by atoms with Gasteiger partial charge in [-0.05, 0) is 48.8 Å². The normalized spacial score (nSPS) is 28.1. The third-order valence-corrected chi connectivity index (χ3v) is 4.42. The number of phenolic OH excluding ortho intramolecular Hbond substituents is 1. The SMILES string of the molecule is CC1(C)CC(NC(=O)c2ccccc2O)CC(C)(CN)C1. The van der Waals surface area contributed by atoms with Crippen molar-refractivity contribution in [1.29, 1.82) is 0 Å². The van der Waals surface area contributed by atoms with Crippen LogP contribution in [0.2, 0.25) is 0 Å². The Labute approximate surface area is 126 Å². The van der Waals surface area contributed by atoms with Crippen molar-refractivity contribution >= 4 is 5.91 Å². The van der Waals surface area contributed by atoms with Gasteiger partial charge in [-0.25, -0.2) is 0 Å². The van der Waals surface area contributed by atoms with E-state index in [0.717, 1.165) is 19.3 Å². The van der Waals surface area contributed by atoms with Crippen molar-refractivity contribution in [1.82, 2.24) is 5.32 Å². The molecule has 4 heteroatoms. The van der Waals surface area contributed by atoms with Gasteiger partial charge in [0.05, 0.1) is 5.56 Å². The summed E-state index contributed by atoms with van der Waals surface area (Å²) in [5.41, 5.74) is 6.47. The topological polar surface area (TPSA) is 75.3 Å². The number of benzene rings is 1. The molecule has 0 spiro atoms. The van der Waals surface area contributed by atoms with Crippen molar-refractivity contribution in [3.05, 3.63) is 29.8 Å². The van der Waals surface area contributed by atoms with Crippen LogP contribution in [0.5, 0.6) is 5.75 Å². The first-order chi connectivity index (χ1) is 9.75. The Balaban J connectivity index is 2.12. The van der Waals surface area contributed by atoms with Crippen molar-refractivity contribution in [2.75, 3.05) is 6.54 Å². The zero-order valence-electron chi connectivity index (χ0n) is 13.1. The number of carbonyl (C=O) groups excluding carboxylic acids is 1. The van der Waals surface area contributed by atoms with Crippen LogP contribution in [0.3, 0.4) is 0 Å². The molecule has 1 amide bonds. The molecule has 1 fully saturated rings. The highest BCUT2D eigenvalue weighted by Gasteiger charge is 2.41. The zero-order chi connectivity index (χ0) is 15.7. The molecule has 1 aromatic carbocycles. The van der Waals surface area contributed by atoms with E-state index in [1.165, 1.54) is 6.07 Å². The van der Waals surface area contributed by atoms with Crippen LogP contribution < -0.4 is 11.1 Å². The monoisotopic (exact) mass is 290 g/mol. The molecule has 21 heavy (non-hydrogen) atoms. The fourth-order valence-corrected chi connectivity index (χ4v) is 3.82. The van der Waals surface area contributed by atoms with Crippen LogP contribution >= 0.6 is 0 Å². The summed E-state index contributed by atoms with van der Waals surface area (Å²) in [7, 11) is 0. The summed E-state index contributed by atoms with van der Waals surface area (Å²) in [4.78, 5) is 12.3. The summed E-state index contributed by atoms with van der Waals surface area (Å²) in [5, 5.41) is 12.8. The molecule has 0 radical (unpaired) electrons. The average Bonchev–Trinajstić information content (AvgIpc) is 2.36. The molecule has 2 rings (SSSR count). The van der Waals surface area contributed by atoms with E-state index >= 15 is 0 Å². The highest BCUT2D eigenvalue weighted by molar-refractivity contribution is 5.96. The fraction of sp³-hybridized carbons (Fsp3) is 0.588. The van der Waals surface area contributed by atoms with Gasteiger partial charge in [0, 0.05) is 6.04 Å². The van der Waals surface area contributed by atoms with Gasteiger partial charge in [0.1, 0.15) is 5.75 Å². The highest BCUT2D eigenvalue weighted by atomic mass is 16.3. The Hall–Kier alpha value is -1.55. The van der Waals surface area contributed by atoms with Crippen molar-refractivity contribution in [2.45, 2.75) is 46.1 Å². The van der Waals surface area contributed by atoms with Crippen molar-refractivity contribution in [3.8, 4) is 5.75 Å². The van der Waals surface area contributed by atoms with Gasteiger partial charge in [0.25, 0.3) is 5.91 Å². The number of hydrogen-bond acceptors (Lipinski definition) is 3. The number of rotatable bonds is 3. The number of phenols is 1. The molecule has 0 aromatic heterocycles. The van der Waals surface area contributed by atoms with Gasteiger partial charge < -0.3 is 16.2 Å². The predicted molar refractivity (Wildman–Crippen MR) is 84.2 cm³/mol. The number of nitrogens with one attached hydrogen (secondary N) is 1. The van der Waals surface area contributed by atoms with Crippen LogP contribution in [0.1, 0.15) is 50.4 Å². The second kappa shape index (κ2) is 5.68. The molecule has 0 aliphatic heterocycles. The van der Waals surface area contributed by atoms with E-state index in [2.05, 4.69) is 26.1 Å². The maximum atomic E-state index is 12.3. The summed E-state index contributed by atoms with van der Waals surface area (Å²) in [6.45, 7) is 7.25. The van der Waals surface area contributed by atoms with Gasteiger partial charge >= 0.3 is 0 Å². The minimum Gasteiger partial charge on any atom is -0.507 e. The molecule has 0 heterocycles. The lowest BCUT2D eigenvalue weighted by molar-refractivity contribution is 0.0668. The summed E-state index contributed by atoms with van der Waals surface area (Å²) in [6.07, 6.45) is 2.88. The molecule has 4 N–H and O–H groups in total. The number of para-hydroxylation sites is 1. The average molecular weight is 290 g/mol. The Morgan fingerprint density at radius 2 is 2.00 bits per heavy atom. The number of nitrogens with two attached hydrogens (primary N) is 1. The van der Waals surface area contributed by atoms with Gasteiger partial charge in [-0.15, -0.1) is 0 Å². The Morgan fingerprint density at radius 1 is 1.33 bits per heavy atom. The minimum absolute atomic E-state index is 0.0201. The number of hydrogen-bond donors (Lipinski definition) is 3. The summed E-state index contributed by atoms with van der Waals surface area (Å²) in [5.74, 6) is -0.193. The van der Waals surface area contributed by atoms with Gasteiger partial charge in [0.2, 0.25) is 0 Å². The first-order valence-electron chi connectivity index (χ1n) is 7.54. The lowest BCUT2D eigenvalue weighted by Crippen LogP contribution is -2.49. The van der Waals surface area contributed by atoms with Crippen molar-refractivity contribution in [3.63, 3.8) is 0 Å². The van der Waals surface area contributed by atoms with Crippen LogP contribution in [0, 0.1) is 10.8 Å². The van der Waals surface area contributed by atoms with Crippen LogP contribution in [0.25, 0.3) is 0 Å². The molecular formula is C17H26N2O2. The third kappa shape index (κ3) is 3.76. The van der Waals surface area contributed by atoms with Gasteiger partial charge in [-0.3, -0.25) is 4.79 Å². The molecule has 116 valence electrons. The van der Waals surface area contributed by atoms with E-state index in [-0.39, 0.29) is 28.5 Å². The first-order valence-corrected chi connectivity index (χ1v) is 7.54. The molecule has 0 bridgehead atoms. The molecule has 2 atom stereocenters. The summed E-state index contributed by atoms with van der Waals surface area (Å²) < 4.78 is 0. The van der Waals surface area contributed by atoms with Crippen molar-refractivity contribution in [2.24, 2.45) is 16.6 Å². The molecule has 4 nitrogen and oxygen atoms in total. The van der Waals surface area contributed by atoms with Crippen LogP contribution in [-0.4, -0.2) is 23.6 Å². The minimum atomic E-state index is -0.213. The van der Waals surface area contributed by atoms with E-state index in [1.54, 1.807) is 18.2 Å². The number of aromatic hydroxyl groups is 1.